The van der Waals surface area contributed by atoms with E-state index in [9.17, 15) is 4.79 Å². The molecule has 4 nitrogen and oxygen atoms in total. The number of nitrogen functional groups attached to an aromatic ring is 1. The van der Waals surface area contributed by atoms with E-state index in [4.69, 9.17) is 5.73 Å². The number of carbonyl (C=O) groups is 1. The molecule has 0 bridgehead atoms. The molecule has 0 aliphatic carbocycles. The Morgan fingerprint density at radius 2 is 2.26 bits per heavy atom. The first-order valence-electron chi connectivity index (χ1n) is 5.46. The number of hydrogen-bond donors (Lipinski definition) is 2. The van der Waals surface area contributed by atoms with Gasteiger partial charge in [0, 0.05) is 3.57 Å². The van der Waals surface area contributed by atoms with Crippen molar-refractivity contribution in [1.29, 1.82) is 0 Å². The van der Waals surface area contributed by atoms with Crippen LogP contribution in [0.3, 0.4) is 0 Å². The highest BCUT2D eigenvalue weighted by atomic mass is 127. The maximum Gasteiger partial charge on any atom is 0.234 e. The second kappa shape index (κ2) is 6.58. The average Bonchev–Trinajstić information content (AvgIpc) is 2.68. The molecule has 0 saturated carbocycles. The quantitative estimate of drug-likeness (QED) is 0.605. The lowest BCUT2D eigenvalue weighted by Crippen LogP contribution is -2.14. The SMILES string of the molecule is Cc1nc(N)sc1SCC(=O)Nc1ccccc1I. The van der Waals surface area contributed by atoms with E-state index >= 15 is 0 Å². The highest BCUT2D eigenvalue weighted by Gasteiger charge is 2.10. The third kappa shape index (κ3) is 4.08. The van der Waals surface area contributed by atoms with Gasteiger partial charge in [-0.2, -0.15) is 0 Å². The molecule has 1 aromatic heterocycles. The fourth-order valence-corrected chi connectivity index (χ4v) is 3.76. The van der Waals surface area contributed by atoms with Crippen LogP contribution in [0.1, 0.15) is 5.69 Å². The van der Waals surface area contributed by atoms with E-state index in [0.29, 0.717) is 10.9 Å². The van der Waals surface area contributed by atoms with Crippen molar-refractivity contribution < 1.29 is 4.79 Å². The number of hydrogen-bond acceptors (Lipinski definition) is 5. The van der Waals surface area contributed by atoms with Gasteiger partial charge in [0.1, 0.15) is 0 Å². The summed E-state index contributed by atoms with van der Waals surface area (Å²) in [6.07, 6.45) is 0. The van der Waals surface area contributed by atoms with Gasteiger partial charge in [-0.3, -0.25) is 4.79 Å². The van der Waals surface area contributed by atoms with E-state index in [1.54, 1.807) is 0 Å². The number of aryl methyl sites for hydroxylation is 1. The minimum absolute atomic E-state index is 0.0273. The molecule has 1 amide bonds. The van der Waals surface area contributed by atoms with Crippen molar-refractivity contribution in [3.8, 4) is 0 Å². The normalized spacial score (nSPS) is 10.4. The Hall–Kier alpha value is -0.800. The van der Waals surface area contributed by atoms with E-state index < -0.39 is 0 Å². The van der Waals surface area contributed by atoms with E-state index in [1.807, 2.05) is 31.2 Å². The molecule has 0 spiro atoms. The maximum absolute atomic E-state index is 11.9. The van der Waals surface area contributed by atoms with Crippen molar-refractivity contribution in [1.82, 2.24) is 4.98 Å². The van der Waals surface area contributed by atoms with Crippen LogP contribution in [0.2, 0.25) is 0 Å². The zero-order chi connectivity index (χ0) is 13.8. The van der Waals surface area contributed by atoms with E-state index in [2.05, 4.69) is 32.9 Å². The molecule has 0 aliphatic heterocycles. The molecular weight excluding hydrogens is 393 g/mol. The lowest BCUT2D eigenvalue weighted by molar-refractivity contribution is -0.113. The molecule has 0 aliphatic rings. The van der Waals surface area contributed by atoms with Crippen molar-refractivity contribution in [2.24, 2.45) is 0 Å². The van der Waals surface area contributed by atoms with E-state index in [1.165, 1.54) is 23.1 Å². The highest BCUT2D eigenvalue weighted by Crippen LogP contribution is 2.30. The maximum atomic E-state index is 11.9. The van der Waals surface area contributed by atoms with Crippen molar-refractivity contribution >= 4 is 62.4 Å². The van der Waals surface area contributed by atoms with Crippen LogP contribution in [0, 0.1) is 10.5 Å². The van der Waals surface area contributed by atoms with Crippen molar-refractivity contribution in [2.75, 3.05) is 16.8 Å². The van der Waals surface area contributed by atoms with Crippen molar-refractivity contribution in [2.45, 2.75) is 11.1 Å². The molecule has 100 valence electrons. The minimum Gasteiger partial charge on any atom is -0.375 e. The fourth-order valence-electron chi connectivity index (χ4n) is 1.42. The van der Waals surface area contributed by atoms with Gasteiger partial charge >= 0.3 is 0 Å². The molecule has 1 aromatic carbocycles. The monoisotopic (exact) mass is 405 g/mol. The summed E-state index contributed by atoms with van der Waals surface area (Å²) in [6, 6.07) is 7.69. The predicted molar refractivity (Wildman–Crippen MR) is 89.8 cm³/mol. The third-order valence-corrected chi connectivity index (χ3v) is 5.54. The van der Waals surface area contributed by atoms with Gasteiger partial charge in [0.2, 0.25) is 5.91 Å². The van der Waals surface area contributed by atoms with Crippen LogP contribution in [-0.2, 0) is 4.79 Å². The summed E-state index contributed by atoms with van der Waals surface area (Å²) >= 11 is 5.07. The topological polar surface area (TPSA) is 68.0 Å². The summed E-state index contributed by atoms with van der Waals surface area (Å²) in [6.45, 7) is 1.90. The summed E-state index contributed by atoms with van der Waals surface area (Å²) in [5, 5.41) is 3.43. The number of nitrogens with one attached hydrogen (secondary N) is 1. The average molecular weight is 405 g/mol. The molecule has 2 aromatic rings. The molecule has 1 heterocycles. The smallest absolute Gasteiger partial charge is 0.234 e. The first kappa shape index (κ1) is 14.6. The number of amides is 1. The lowest BCUT2D eigenvalue weighted by atomic mass is 10.3. The molecule has 0 unspecified atom stereocenters. The number of rotatable bonds is 4. The second-order valence-electron chi connectivity index (χ2n) is 3.74. The molecule has 0 saturated heterocycles. The number of halogens is 1. The molecular formula is C12H12IN3OS2. The number of thiazole rings is 1. The molecule has 7 heteroatoms. The summed E-state index contributed by atoms with van der Waals surface area (Å²) in [5.41, 5.74) is 7.35. The Morgan fingerprint density at radius 3 is 2.89 bits per heavy atom. The number of thioether (sulfide) groups is 1. The van der Waals surface area contributed by atoms with Gasteiger partial charge in [-0.05, 0) is 41.6 Å². The number of para-hydroxylation sites is 1. The number of anilines is 2. The van der Waals surface area contributed by atoms with Gasteiger partial charge in [-0.25, -0.2) is 4.98 Å². The van der Waals surface area contributed by atoms with Crippen LogP contribution in [-0.4, -0.2) is 16.6 Å². The Labute approximate surface area is 133 Å². The summed E-state index contributed by atoms with van der Waals surface area (Å²) in [7, 11) is 0. The van der Waals surface area contributed by atoms with Crippen molar-refractivity contribution in [3.63, 3.8) is 0 Å². The molecule has 19 heavy (non-hydrogen) atoms. The van der Waals surface area contributed by atoms with E-state index in [-0.39, 0.29) is 5.91 Å². The summed E-state index contributed by atoms with van der Waals surface area (Å²) in [4.78, 5) is 16.0. The molecule has 0 atom stereocenters. The van der Waals surface area contributed by atoms with Gasteiger partial charge in [0.15, 0.2) is 5.13 Å². The van der Waals surface area contributed by atoms with Gasteiger partial charge in [0.05, 0.1) is 21.3 Å². The molecule has 0 fully saturated rings. The number of aromatic nitrogens is 1. The van der Waals surface area contributed by atoms with Crippen molar-refractivity contribution in [3.05, 3.63) is 33.5 Å². The number of carbonyl (C=O) groups excluding carboxylic acids is 1. The Bertz CT molecular complexity index is 600. The predicted octanol–water partition coefficient (Wildman–Crippen LogP) is 3.37. The lowest BCUT2D eigenvalue weighted by Gasteiger charge is -2.06. The second-order valence-corrected chi connectivity index (χ2v) is 7.18. The van der Waals surface area contributed by atoms with Crippen LogP contribution in [0.25, 0.3) is 0 Å². The van der Waals surface area contributed by atoms with Crippen LogP contribution in [0.15, 0.2) is 28.5 Å². The van der Waals surface area contributed by atoms with Gasteiger partial charge < -0.3 is 11.1 Å². The summed E-state index contributed by atoms with van der Waals surface area (Å²) < 4.78 is 2.02. The largest absolute Gasteiger partial charge is 0.375 e. The summed E-state index contributed by atoms with van der Waals surface area (Å²) in [5.74, 6) is 0.327. The Morgan fingerprint density at radius 1 is 1.53 bits per heavy atom. The first-order chi connectivity index (χ1) is 9.06. The van der Waals surface area contributed by atoms with Gasteiger partial charge in [-0.15, -0.1) is 11.8 Å². The number of benzene rings is 1. The minimum atomic E-state index is -0.0273. The number of nitrogens with zero attached hydrogens (tertiary/aromatic N) is 1. The van der Waals surface area contributed by atoms with Crippen LogP contribution < -0.4 is 11.1 Å². The van der Waals surface area contributed by atoms with E-state index in [0.717, 1.165) is 19.2 Å². The molecule has 0 radical (unpaired) electrons. The fraction of sp³-hybridized carbons (Fsp3) is 0.167. The zero-order valence-electron chi connectivity index (χ0n) is 10.1. The van der Waals surface area contributed by atoms with Gasteiger partial charge in [0.25, 0.3) is 0 Å². The third-order valence-electron chi connectivity index (χ3n) is 2.25. The first-order valence-corrected chi connectivity index (χ1v) is 8.34. The standard InChI is InChI=1S/C12H12IN3OS2/c1-7-11(19-12(14)15-7)18-6-10(17)16-9-5-3-2-4-8(9)13/h2-5H,6H2,1H3,(H2,14,15)(H,16,17). The van der Waals surface area contributed by atoms with Crippen LogP contribution >= 0.6 is 45.7 Å². The number of nitrogens with two attached hydrogens (primary N) is 1. The Balaban J connectivity index is 1.92. The van der Waals surface area contributed by atoms with Gasteiger partial charge in [-0.1, -0.05) is 23.5 Å². The molecule has 2 rings (SSSR count). The van der Waals surface area contributed by atoms with Crippen LogP contribution in [0.5, 0.6) is 0 Å². The highest BCUT2D eigenvalue weighted by molar-refractivity contribution is 14.1. The molecule has 3 N–H and O–H groups in total. The zero-order valence-corrected chi connectivity index (χ0v) is 13.9. The van der Waals surface area contributed by atoms with Crippen LogP contribution in [0.4, 0.5) is 10.8 Å². The Kier molecular flexibility index (Phi) is 5.06.